The van der Waals surface area contributed by atoms with Gasteiger partial charge in [0.05, 0.1) is 23.6 Å². The van der Waals surface area contributed by atoms with Gasteiger partial charge in [0.15, 0.2) is 0 Å². The minimum atomic E-state index is -0.668. The first-order chi connectivity index (χ1) is 16.5. The Morgan fingerprint density at radius 1 is 1.15 bits per heavy atom. The number of rotatable bonds is 4. The van der Waals surface area contributed by atoms with Crippen LogP contribution >= 0.6 is 0 Å². The molecule has 174 valence electrons. The summed E-state index contributed by atoms with van der Waals surface area (Å²) in [5.74, 6) is -0.259. The van der Waals surface area contributed by atoms with Crippen molar-refractivity contribution in [1.29, 1.82) is 0 Å². The molecule has 3 aliphatic rings. The Labute approximate surface area is 195 Å². The number of nitrogens with zero attached hydrogens (tertiary/aromatic N) is 3. The smallest absolute Gasteiger partial charge is 0.269 e. The number of H-pyrrole nitrogens is 1. The number of non-ortho nitro benzene ring substituents is 1. The summed E-state index contributed by atoms with van der Waals surface area (Å²) < 4.78 is 5.72. The molecule has 1 aromatic heterocycles. The van der Waals surface area contributed by atoms with Crippen molar-refractivity contribution in [3.05, 3.63) is 75.5 Å². The quantitative estimate of drug-likeness (QED) is 0.476. The van der Waals surface area contributed by atoms with Gasteiger partial charge in [-0.1, -0.05) is 30.3 Å². The molecule has 2 amide bonds. The van der Waals surface area contributed by atoms with E-state index in [1.165, 1.54) is 12.1 Å². The third-order valence-electron chi connectivity index (χ3n) is 7.19. The number of para-hydroxylation sites is 1. The minimum absolute atomic E-state index is 0.0177. The molecule has 2 aromatic carbocycles. The predicted molar refractivity (Wildman–Crippen MR) is 123 cm³/mol. The lowest BCUT2D eigenvalue weighted by molar-refractivity contribution is -0.384. The fraction of sp³-hybridized carbons (Fsp3) is 0.360. The van der Waals surface area contributed by atoms with Crippen molar-refractivity contribution in [2.24, 2.45) is 0 Å². The number of piperazine rings is 1. The van der Waals surface area contributed by atoms with Crippen LogP contribution in [-0.4, -0.2) is 63.4 Å². The van der Waals surface area contributed by atoms with E-state index in [9.17, 15) is 19.7 Å². The fourth-order valence-corrected chi connectivity index (χ4v) is 5.67. The molecule has 4 heterocycles. The first-order valence-corrected chi connectivity index (χ1v) is 11.6. The van der Waals surface area contributed by atoms with E-state index in [0.29, 0.717) is 25.1 Å². The van der Waals surface area contributed by atoms with Crippen LogP contribution in [0.25, 0.3) is 10.9 Å². The lowest BCUT2D eigenvalue weighted by atomic mass is 9.86. The van der Waals surface area contributed by atoms with Crippen molar-refractivity contribution in [1.82, 2.24) is 14.8 Å². The topological polar surface area (TPSA) is 109 Å². The molecule has 2 fully saturated rings. The Hall–Kier alpha value is -3.72. The Bertz CT molecular complexity index is 1310. The van der Waals surface area contributed by atoms with Crippen LogP contribution in [0.15, 0.2) is 48.5 Å². The van der Waals surface area contributed by atoms with E-state index in [0.717, 1.165) is 35.0 Å². The lowest BCUT2D eigenvalue weighted by Gasteiger charge is -2.47. The molecule has 0 aliphatic carbocycles. The van der Waals surface area contributed by atoms with Crippen LogP contribution < -0.4 is 0 Å². The summed E-state index contributed by atoms with van der Waals surface area (Å²) in [5, 5.41) is 12.5. The second kappa shape index (κ2) is 7.95. The van der Waals surface area contributed by atoms with Gasteiger partial charge in [-0.3, -0.25) is 19.7 Å². The van der Waals surface area contributed by atoms with Gasteiger partial charge in [-0.25, -0.2) is 0 Å². The number of hydrogen-bond acceptors (Lipinski definition) is 5. The van der Waals surface area contributed by atoms with Gasteiger partial charge in [0, 0.05) is 48.3 Å². The second-order valence-electron chi connectivity index (χ2n) is 9.19. The molecule has 1 N–H and O–H groups in total. The zero-order chi connectivity index (χ0) is 23.4. The van der Waals surface area contributed by atoms with Crippen molar-refractivity contribution in [2.45, 2.75) is 37.5 Å². The number of benzene rings is 2. The Kier molecular flexibility index (Phi) is 4.88. The van der Waals surface area contributed by atoms with Gasteiger partial charge in [0.2, 0.25) is 11.8 Å². The molecule has 0 saturated carbocycles. The van der Waals surface area contributed by atoms with Crippen LogP contribution in [0.5, 0.6) is 0 Å². The first kappa shape index (κ1) is 20.9. The third kappa shape index (κ3) is 3.27. The van der Waals surface area contributed by atoms with Crippen LogP contribution in [0.4, 0.5) is 5.69 Å². The maximum Gasteiger partial charge on any atom is 0.269 e. The highest BCUT2D eigenvalue weighted by Gasteiger charge is 2.48. The van der Waals surface area contributed by atoms with Crippen molar-refractivity contribution >= 4 is 28.4 Å². The number of fused-ring (bicyclic) bond motifs is 4. The number of nitro groups is 1. The van der Waals surface area contributed by atoms with Crippen LogP contribution in [0.1, 0.15) is 35.7 Å². The van der Waals surface area contributed by atoms with E-state index >= 15 is 0 Å². The summed E-state index contributed by atoms with van der Waals surface area (Å²) in [7, 11) is 0. The zero-order valence-corrected chi connectivity index (χ0v) is 18.5. The molecular weight excluding hydrogens is 436 g/mol. The maximum atomic E-state index is 13.7. The molecule has 0 bridgehead atoms. The van der Waals surface area contributed by atoms with Crippen molar-refractivity contribution in [2.75, 3.05) is 19.7 Å². The number of nitrogens with one attached hydrogen (secondary N) is 1. The molecular formula is C25H24N4O5. The highest BCUT2D eigenvalue weighted by molar-refractivity contribution is 5.97. The van der Waals surface area contributed by atoms with Gasteiger partial charge >= 0.3 is 0 Å². The number of hydrogen-bond donors (Lipinski definition) is 1. The molecule has 9 heteroatoms. The number of aromatic amines is 1. The third-order valence-corrected chi connectivity index (χ3v) is 7.19. The highest BCUT2D eigenvalue weighted by Crippen LogP contribution is 2.43. The summed E-state index contributed by atoms with van der Waals surface area (Å²) in [6, 6.07) is 12.9. The van der Waals surface area contributed by atoms with E-state index in [1.807, 2.05) is 24.3 Å². The van der Waals surface area contributed by atoms with Crippen LogP contribution in [0.3, 0.4) is 0 Å². The normalized spacial score (nSPS) is 24.4. The number of carbonyl (C=O) groups is 2. The number of nitro benzene ring substituents is 1. The number of aromatic nitrogens is 1. The molecule has 0 spiro atoms. The molecule has 0 radical (unpaired) electrons. The van der Waals surface area contributed by atoms with Gasteiger partial charge in [-0.15, -0.1) is 0 Å². The van der Waals surface area contributed by atoms with Crippen LogP contribution in [-0.2, 0) is 20.7 Å². The standard InChI is InChI=1S/C25H24N4O5/c30-22-14-27(13-17-7-4-10-34-17)25(31)21-12-19-18-8-1-2-9-20(18)26-23(19)24(28(21)22)15-5-3-6-16(11-15)29(32)33/h1-3,5-6,8-9,11,17,21,24,26H,4,7,10,12-14H2/t17?,21-,24?/m1/s1. The Balaban J connectivity index is 1.47. The average Bonchev–Trinajstić information content (AvgIpc) is 3.48. The minimum Gasteiger partial charge on any atom is -0.376 e. The number of ether oxygens (including phenoxy) is 1. The fourth-order valence-electron chi connectivity index (χ4n) is 5.67. The lowest BCUT2D eigenvalue weighted by Crippen LogP contribution is -2.63. The molecule has 3 aromatic rings. The average molecular weight is 460 g/mol. The van der Waals surface area contributed by atoms with E-state index in [4.69, 9.17) is 4.74 Å². The Morgan fingerprint density at radius 3 is 2.79 bits per heavy atom. The largest absolute Gasteiger partial charge is 0.376 e. The highest BCUT2D eigenvalue weighted by atomic mass is 16.6. The summed E-state index contributed by atoms with van der Waals surface area (Å²) in [5.41, 5.74) is 3.27. The van der Waals surface area contributed by atoms with Gasteiger partial charge < -0.3 is 19.5 Å². The monoisotopic (exact) mass is 460 g/mol. The molecule has 2 saturated heterocycles. The predicted octanol–water partition coefficient (Wildman–Crippen LogP) is 2.94. The summed E-state index contributed by atoms with van der Waals surface area (Å²) in [4.78, 5) is 44.9. The number of amides is 2. The molecule has 3 aliphatic heterocycles. The zero-order valence-electron chi connectivity index (χ0n) is 18.5. The summed E-state index contributed by atoms with van der Waals surface area (Å²) in [6.45, 7) is 1.08. The molecule has 6 rings (SSSR count). The van der Waals surface area contributed by atoms with Gasteiger partial charge in [0.1, 0.15) is 6.04 Å². The van der Waals surface area contributed by atoms with Crippen molar-refractivity contribution < 1.29 is 19.2 Å². The molecule has 34 heavy (non-hydrogen) atoms. The summed E-state index contributed by atoms with van der Waals surface area (Å²) >= 11 is 0. The summed E-state index contributed by atoms with van der Waals surface area (Å²) in [6.07, 6.45) is 2.21. The van der Waals surface area contributed by atoms with Gasteiger partial charge in [0.25, 0.3) is 5.69 Å². The van der Waals surface area contributed by atoms with Crippen molar-refractivity contribution in [3.63, 3.8) is 0 Å². The van der Waals surface area contributed by atoms with Crippen LogP contribution in [0, 0.1) is 10.1 Å². The molecule has 9 nitrogen and oxygen atoms in total. The second-order valence-corrected chi connectivity index (χ2v) is 9.19. The Morgan fingerprint density at radius 2 is 2.00 bits per heavy atom. The van der Waals surface area contributed by atoms with E-state index < -0.39 is 17.0 Å². The maximum absolute atomic E-state index is 13.7. The van der Waals surface area contributed by atoms with E-state index in [-0.39, 0.29) is 30.2 Å². The molecule has 3 atom stereocenters. The molecule has 2 unspecified atom stereocenters. The SMILES string of the molecule is O=C1[C@H]2Cc3c([nH]c4ccccc34)C(c3cccc([N+](=O)[O-])c3)N2C(=O)CN1CC1CCCO1. The van der Waals surface area contributed by atoms with E-state index in [2.05, 4.69) is 4.98 Å². The number of carbonyl (C=O) groups excluding carboxylic acids is 2. The van der Waals surface area contributed by atoms with Gasteiger partial charge in [-0.2, -0.15) is 0 Å². The van der Waals surface area contributed by atoms with Gasteiger partial charge in [-0.05, 0) is 30.0 Å². The van der Waals surface area contributed by atoms with E-state index in [1.54, 1.807) is 21.9 Å². The first-order valence-electron chi connectivity index (χ1n) is 11.6. The van der Waals surface area contributed by atoms with Crippen molar-refractivity contribution in [3.8, 4) is 0 Å². The van der Waals surface area contributed by atoms with Crippen LogP contribution in [0.2, 0.25) is 0 Å².